The molecule has 0 aliphatic heterocycles. The molecule has 3 atom stereocenters. The molecule has 1 aliphatic carbocycles. The Balaban J connectivity index is 2.13. The molecule has 0 spiro atoms. The molecule has 1 saturated carbocycles. The zero-order chi connectivity index (χ0) is 14.8. The van der Waals surface area contributed by atoms with E-state index >= 15 is 0 Å². The summed E-state index contributed by atoms with van der Waals surface area (Å²) in [5, 5.41) is -0.796. The van der Waals surface area contributed by atoms with E-state index < -0.39 is 11.2 Å². The molecular formula is C13H20F3N3S. The van der Waals surface area contributed by atoms with E-state index in [1.165, 1.54) is 12.6 Å². The van der Waals surface area contributed by atoms with Crippen LogP contribution in [0.25, 0.3) is 0 Å². The standard InChI is InChI=1S/C13H20F3N3S/c1-2-8-4-3-5-9(6-8)11(19-17)10-7-18-12(20-10)13(14,15)16/h7-9,11,19H,2-6,17H2,1H3. The van der Waals surface area contributed by atoms with Crippen LogP contribution in [0.5, 0.6) is 0 Å². The Hall–Kier alpha value is -0.660. The van der Waals surface area contributed by atoms with E-state index in [0.717, 1.165) is 25.7 Å². The molecule has 3 nitrogen and oxygen atoms in total. The number of rotatable bonds is 4. The van der Waals surface area contributed by atoms with Crippen LogP contribution in [0.15, 0.2) is 6.20 Å². The average Bonchev–Trinajstić information content (AvgIpc) is 2.89. The second-order valence-electron chi connectivity index (χ2n) is 5.41. The van der Waals surface area contributed by atoms with Gasteiger partial charge in [0.15, 0.2) is 5.01 Å². The SMILES string of the molecule is CCC1CCCC(C(NN)c2cnc(C(F)(F)F)s2)C1. The van der Waals surface area contributed by atoms with Crippen molar-refractivity contribution in [2.24, 2.45) is 17.7 Å². The molecule has 0 radical (unpaired) electrons. The molecule has 3 N–H and O–H groups in total. The number of hydrogen-bond acceptors (Lipinski definition) is 4. The van der Waals surface area contributed by atoms with Crippen molar-refractivity contribution in [3.05, 3.63) is 16.1 Å². The van der Waals surface area contributed by atoms with Crippen molar-refractivity contribution in [1.29, 1.82) is 0 Å². The summed E-state index contributed by atoms with van der Waals surface area (Å²) in [5.74, 6) is 6.53. The zero-order valence-electron chi connectivity index (χ0n) is 11.4. The highest BCUT2D eigenvalue weighted by atomic mass is 32.1. The summed E-state index contributed by atoms with van der Waals surface area (Å²) in [6, 6.07) is -0.224. The normalized spacial score (nSPS) is 25.6. The Bertz CT molecular complexity index is 433. The fourth-order valence-corrected chi connectivity index (χ4v) is 3.96. The van der Waals surface area contributed by atoms with E-state index in [2.05, 4.69) is 17.3 Å². The molecule has 0 aromatic carbocycles. The largest absolute Gasteiger partial charge is 0.443 e. The van der Waals surface area contributed by atoms with Crippen molar-refractivity contribution in [2.75, 3.05) is 0 Å². The summed E-state index contributed by atoms with van der Waals surface area (Å²) in [6.07, 6.45) is 2.40. The molecule has 1 aromatic heterocycles. The number of hydrazine groups is 1. The van der Waals surface area contributed by atoms with Crippen LogP contribution in [0.4, 0.5) is 13.2 Å². The van der Waals surface area contributed by atoms with Gasteiger partial charge in [0.05, 0.1) is 6.04 Å². The summed E-state index contributed by atoms with van der Waals surface area (Å²) in [5.41, 5.74) is 2.70. The van der Waals surface area contributed by atoms with Crippen LogP contribution in [0.2, 0.25) is 0 Å². The van der Waals surface area contributed by atoms with Gasteiger partial charge in [-0.2, -0.15) is 13.2 Å². The molecule has 2 rings (SSSR count). The van der Waals surface area contributed by atoms with Gasteiger partial charge in [0.2, 0.25) is 0 Å². The summed E-state index contributed by atoms with van der Waals surface area (Å²) < 4.78 is 37.9. The molecule has 114 valence electrons. The maximum atomic E-state index is 12.6. The van der Waals surface area contributed by atoms with Crippen LogP contribution in [-0.2, 0) is 6.18 Å². The number of alkyl halides is 3. The fourth-order valence-electron chi connectivity index (χ4n) is 3.02. The summed E-state index contributed by atoms with van der Waals surface area (Å²) >= 11 is 0.696. The van der Waals surface area contributed by atoms with Gasteiger partial charge in [-0.05, 0) is 24.7 Å². The van der Waals surface area contributed by atoms with Gasteiger partial charge in [-0.3, -0.25) is 11.3 Å². The first kappa shape index (κ1) is 15.7. The first-order chi connectivity index (χ1) is 9.45. The monoisotopic (exact) mass is 307 g/mol. The lowest BCUT2D eigenvalue weighted by molar-refractivity contribution is -0.137. The smallest absolute Gasteiger partial charge is 0.271 e. The molecule has 20 heavy (non-hydrogen) atoms. The van der Waals surface area contributed by atoms with Crippen LogP contribution in [0.3, 0.4) is 0 Å². The van der Waals surface area contributed by atoms with Crippen LogP contribution in [0, 0.1) is 11.8 Å². The lowest BCUT2D eigenvalue weighted by atomic mass is 9.76. The number of thiazole rings is 1. The highest BCUT2D eigenvalue weighted by Crippen LogP contribution is 2.41. The maximum Gasteiger partial charge on any atom is 0.443 e. The number of nitrogens with one attached hydrogen (secondary N) is 1. The quantitative estimate of drug-likeness (QED) is 0.655. The Morgan fingerprint density at radius 2 is 2.25 bits per heavy atom. The first-order valence-corrected chi connectivity index (χ1v) is 7.76. The highest BCUT2D eigenvalue weighted by molar-refractivity contribution is 7.11. The summed E-state index contributed by atoms with van der Waals surface area (Å²) in [4.78, 5) is 4.07. The molecule has 1 heterocycles. The molecule has 0 amide bonds. The van der Waals surface area contributed by atoms with Crippen molar-refractivity contribution < 1.29 is 13.2 Å². The average molecular weight is 307 g/mol. The molecular weight excluding hydrogens is 287 g/mol. The van der Waals surface area contributed by atoms with Gasteiger partial charge in [-0.25, -0.2) is 4.98 Å². The van der Waals surface area contributed by atoms with E-state index in [1.807, 2.05) is 0 Å². The predicted molar refractivity (Wildman–Crippen MR) is 72.9 cm³/mol. The Morgan fingerprint density at radius 3 is 2.80 bits per heavy atom. The minimum atomic E-state index is -4.37. The van der Waals surface area contributed by atoms with Crippen molar-refractivity contribution >= 4 is 11.3 Å². The summed E-state index contributed by atoms with van der Waals surface area (Å²) in [6.45, 7) is 2.16. The van der Waals surface area contributed by atoms with Gasteiger partial charge < -0.3 is 0 Å². The highest BCUT2D eigenvalue weighted by Gasteiger charge is 2.36. The minimum Gasteiger partial charge on any atom is -0.271 e. The number of hydrogen-bond donors (Lipinski definition) is 2. The lowest BCUT2D eigenvalue weighted by Gasteiger charge is -2.33. The third-order valence-electron chi connectivity index (χ3n) is 4.12. The van der Waals surface area contributed by atoms with Crippen LogP contribution >= 0.6 is 11.3 Å². The van der Waals surface area contributed by atoms with Gasteiger partial charge >= 0.3 is 6.18 Å². The maximum absolute atomic E-state index is 12.6. The van der Waals surface area contributed by atoms with Gasteiger partial charge in [0.1, 0.15) is 0 Å². The van der Waals surface area contributed by atoms with E-state index in [1.54, 1.807) is 0 Å². The Kier molecular flexibility index (Phi) is 5.04. The number of nitrogens with zero attached hydrogens (tertiary/aromatic N) is 1. The van der Waals surface area contributed by atoms with Gasteiger partial charge in [-0.1, -0.05) is 26.2 Å². The third-order valence-corrected chi connectivity index (χ3v) is 5.25. The molecule has 3 unspecified atom stereocenters. The number of halogens is 3. The topological polar surface area (TPSA) is 50.9 Å². The molecule has 1 aliphatic rings. The third kappa shape index (κ3) is 3.51. The van der Waals surface area contributed by atoms with E-state index in [4.69, 9.17) is 5.84 Å². The minimum absolute atomic E-state index is 0.224. The number of aromatic nitrogens is 1. The molecule has 7 heteroatoms. The Labute approximate surface area is 120 Å². The van der Waals surface area contributed by atoms with E-state index in [9.17, 15) is 13.2 Å². The van der Waals surface area contributed by atoms with Crippen molar-refractivity contribution in [3.8, 4) is 0 Å². The van der Waals surface area contributed by atoms with Crippen LogP contribution in [-0.4, -0.2) is 4.98 Å². The molecule has 0 saturated heterocycles. The second-order valence-corrected chi connectivity index (χ2v) is 6.47. The van der Waals surface area contributed by atoms with Gasteiger partial charge in [-0.15, -0.1) is 11.3 Å². The molecule has 1 aromatic rings. The first-order valence-electron chi connectivity index (χ1n) is 6.94. The predicted octanol–water partition coefficient (Wildman–Crippen LogP) is 3.88. The van der Waals surface area contributed by atoms with Crippen molar-refractivity contribution in [1.82, 2.24) is 10.4 Å². The Morgan fingerprint density at radius 1 is 1.50 bits per heavy atom. The van der Waals surface area contributed by atoms with Crippen LogP contribution in [0.1, 0.15) is 55.0 Å². The fraction of sp³-hybridized carbons (Fsp3) is 0.769. The van der Waals surface area contributed by atoms with Crippen molar-refractivity contribution in [3.63, 3.8) is 0 Å². The number of nitrogens with two attached hydrogens (primary N) is 1. The van der Waals surface area contributed by atoms with Crippen molar-refractivity contribution in [2.45, 2.75) is 51.2 Å². The zero-order valence-corrected chi connectivity index (χ0v) is 12.2. The molecule has 0 bridgehead atoms. The van der Waals surface area contributed by atoms with E-state index in [0.29, 0.717) is 28.0 Å². The van der Waals surface area contributed by atoms with Gasteiger partial charge in [0, 0.05) is 11.1 Å². The van der Waals surface area contributed by atoms with Gasteiger partial charge in [0.25, 0.3) is 0 Å². The molecule has 1 fully saturated rings. The van der Waals surface area contributed by atoms with E-state index in [-0.39, 0.29) is 6.04 Å². The van der Waals surface area contributed by atoms with Crippen LogP contribution < -0.4 is 11.3 Å². The lowest BCUT2D eigenvalue weighted by Crippen LogP contribution is -2.35. The summed E-state index contributed by atoms with van der Waals surface area (Å²) in [7, 11) is 0. The second kappa shape index (κ2) is 6.41.